The van der Waals surface area contributed by atoms with Gasteiger partial charge in [-0.15, -0.1) is 0 Å². The molecule has 8 nitrogen and oxygen atoms in total. The van der Waals surface area contributed by atoms with E-state index in [9.17, 15) is 18.0 Å². The minimum atomic E-state index is -3.62. The Kier molecular flexibility index (Phi) is 6.87. The first-order chi connectivity index (χ1) is 12.2. The summed E-state index contributed by atoms with van der Waals surface area (Å²) in [5, 5.41) is 0. The van der Waals surface area contributed by atoms with E-state index in [0.29, 0.717) is 38.5 Å². The Bertz CT molecular complexity index is 763. The van der Waals surface area contributed by atoms with Crippen molar-refractivity contribution in [2.24, 2.45) is 0 Å². The Morgan fingerprint density at radius 2 is 1.81 bits per heavy atom. The average Bonchev–Trinajstić information content (AvgIpc) is 2.58. The minimum Gasteiger partial charge on any atom is -0.450 e. The molecule has 10 heteroatoms. The molecule has 1 aromatic rings. The number of carbonyl (C=O) groups excluding carboxylic acids is 2. The number of nitrogens with zero attached hydrogens (tertiary/aromatic N) is 3. The lowest BCUT2D eigenvalue weighted by Crippen LogP contribution is -2.53. The Labute approximate surface area is 161 Å². The Hall–Kier alpha value is -1.81. The van der Waals surface area contributed by atoms with E-state index < -0.39 is 16.1 Å². The summed E-state index contributed by atoms with van der Waals surface area (Å²) < 4.78 is 31.0. The lowest BCUT2D eigenvalue weighted by Gasteiger charge is -2.35. The normalized spacial score (nSPS) is 14.9. The second kappa shape index (κ2) is 8.72. The van der Waals surface area contributed by atoms with Gasteiger partial charge >= 0.3 is 6.09 Å². The van der Waals surface area contributed by atoms with Gasteiger partial charge in [0.15, 0.2) is 0 Å². The number of sulfonamides is 1. The highest BCUT2D eigenvalue weighted by molar-refractivity contribution is 9.10. The highest BCUT2D eigenvalue weighted by Crippen LogP contribution is 2.22. The molecular formula is C16H22BrN3O5S. The van der Waals surface area contributed by atoms with Gasteiger partial charge in [-0.2, -0.15) is 0 Å². The van der Waals surface area contributed by atoms with Crippen LogP contribution in [0.2, 0.25) is 0 Å². The van der Waals surface area contributed by atoms with E-state index in [-0.39, 0.29) is 12.5 Å². The highest BCUT2D eigenvalue weighted by atomic mass is 79.9. The van der Waals surface area contributed by atoms with Crippen molar-refractivity contribution in [2.75, 3.05) is 49.9 Å². The van der Waals surface area contributed by atoms with Gasteiger partial charge in [0.25, 0.3) is 0 Å². The Morgan fingerprint density at radius 1 is 1.19 bits per heavy atom. The van der Waals surface area contributed by atoms with Crippen LogP contribution in [0.4, 0.5) is 10.5 Å². The first kappa shape index (κ1) is 20.5. The van der Waals surface area contributed by atoms with Crippen molar-refractivity contribution in [3.63, 3.8) is 0 Å². The fourth-order valence-corrected chi connectivity index (χ4v) is 3.84. The van der Waals surface area contributed by atoms with Gasteiger partial charge in [0.2, 0.25) is 15.9 Å². The number of halogens is 1. The van der Waals surface area contributed by atoms with Crippen molar-refractivity contribution < 1.29 is 22.7 Å². The molecular weight excluding hydrogens is 426 g/mol. The number of hydrogen-bond donors (Lipinski definition) is 0. The van der Waals surface area contributed by atoms with Crippen LogP contribution in [-0.4, -0.2) is 75.8 Å². The van der Waals surface area contributed by atoms with Crippen LogP contribution in [0.1, 0.15) is 6.92 Å². The van der Waals surface area contributed by atoms with Gasteiger partial charge in [0.1, 0.15) is 6.54 Å². The van der Waals surface area contributed by atoms with E-state index >= 15 is 0 Å². The van der Waals surface area contributed by atoms with Gasteiger partial charge in [0.05, 0.1) is 18.6 Å². The van der Waals surface area contributed by atoms with E-state index in [1.54, 1.807) is 36.1 Å². The molecule has 0 spiro atoms. The molecule has 1 heterocycles. The molecule has 0 saturated carbocycles. The first-order valence-corrected chi connectivity index (χ1v) is 10.8. The molecule has 26 heavy (non-hydrogen) atoms. The van der Waals surface area contributed by atoms with Crippen LogP contribution < -0.4 is 4.31 Å². The molecule has 0 bridgehead atoms. The molecule has 1 aromatic carbocycles. The third-order valence-electron chi connectivity index (χ3n) is 3.93. The molecule has 0 aromatic heterocycles. The average molecular weight is 448 g/mol. The van der Waals surface area contributed by atoms with Crippen LogP contribution in [0, 0.1) is 0 Å². The van der Waals surface area contributed by atoms with Crippen LogP contribution >= 0.6 is 15.9 Å². The number of amides is 2. The number of piperazine rings is 1. The topological polar surface area (TPSA) is 87.2 Å². The van der Waals surface area contributed by atoms with Crippen molar-refractivity contribution in [2.45, 2.75) is 6.92 Å². The third kappa shape index (κ3) is 5.34. The Balaban J connectivity index is 2.04. The summed E-state index contributed by atoms with van der Waals surface area (Å²) in [6.45, 7) is 3.16. The lowest BCUT2D eigenvalue weighted by atomic mass is 10.3. The van der Waals surface area contributed by atoms with E-state index in [2.05, 4.69) is 15.9 Å². The molecule has 0 unspecified atom stereocenters. The summed E-state index contributed by atoms with van der Waals surface area (Å²) in [7, 11) is -3.62. The number of rotatable bonds is 5. The zero-order valence-corrected chi connectivity index (χ0v) is 17.1. The van der Waals surface area contributed by atoms with Crippen molar-refractivity contribution in [3.8, 4) is 0 Å². The zero-order chi connectivity index (χ0) is 19.3. The predicted molar refractivity (Wildman–Crippen MR) is 102 cm³/mol. The van der Waals surface area contributed by atoms with Crippen LogP contribution in [0.5, 0.6) is 0 Å². The summed E-state index contributed by atoms with van der Waals surface area (Å²) in [5.41, 5.74) is 0.417. The predicted octanol–water partition coefficient (Wildman–Crippen LogP) is 1.52. The summed E-state index contributed by atoms with van der Waals surface area (Å²) in [6, 6.07) is 6.77. The number of ether oxygens (including phenoxy) is 1. The van der Waals surface area contributed by atoms with Crippen LogP contribution in [0.15, 0.2) is 28.7 Å². The molecule has 1 fully saturated rings. The zero-order valence-electron chi connectivity index (χ0n) is 14.7. The molecule has 0 N–H and O–H groups in total. The summed E-state index contributed by atoms with van der Waals surface area (Å²) >= 11 is 3.31. The molecule has 0 radical (unpaired) electrons. The fourth-order valence-electron chi connectivity index (χ4n) is 2.61. The summed E-state index contributed by atoms with van der Waals surface area (Å²) in [4.78, 5) is 27.4. The minimum absolute atomic E-state index is 0.283. The van der Waals surface area contributed by atoms with E-state index in [1.807, 2.05) is 0 Å². The number of hydrogen-bond acceptors (Lipinski definition) is 5. The summed E-state index contributed by atoms with van der Waals surface area (Å²) in [6.07, 6.45) is 0.673. The van der Waals surface area contributed by atoms with Gasteiger partial charge in [-0.25, -0.2) is 13.2 Å². The van der Waals surface area contributed by atoms with Crippen LogP contribution in [-0.2, 0) is 19.6 Å². The SMILES string of the molecule is CCOC(=O)N1CCN(C(=O)CN(c2cccc(Br)c2)S(C)(=O)=O)CC1. The standard InChI is InChI=1S/C16H22BrN3O5S/c1-3-25-16(22)19-9-7-18(8-10-19)15(21)12-20(26(2,23)24)14-6-4-5-13(17)11-14/h4-6,11H,3,7-10,12H2,1-2H3. The molecule has 2 rings (SSSR count). The second-order valence-corrected chi connectivity index (χ2v) is 8.64. The monoisotopic (exact) mass is 447 g/mol. The molecule has 1 aliphatic rings. The largest absolute Gasteiger partial charge is 0.450 e. The van der Waals surface area contributed by atoms with E-state index in [0.717, 1.165) is 15.0 Å². The Morgan fingerprint density at radius 3 is 2.35 bits per heavy atom. The van der Waals surface area contributed by atoms with Gasteiger partial charge < -0.3 is 14.5 Å². The van der Waals surface area contributed by atoms with Gasteiger partial charge in [-0.3, -0.25) is 9.10 Å². The highest BCUT2D eigenvalue weighted by Gasteiger charge is 2.28. The summed E-state index contributed by atoms with van der Waals surface area (Å²) in [5.74, 6) is -0.307. The molecule has 0 aliphatic carbocycles. The van der Waals surface area contributed by atoms with Gasteiger partial charge in [-0.05, 0) is 25.1 Å². The van der Waals surface area contributed by atoms with Crippen molar-refractivity contribution >= 4 is 43.6 Å². The molecule has 0 atom stereocenters. The lowest BCUT2D eigenvalue weighted by molar-refractivity contribution is -0.131. The molecule has 2 amide bonds. The number of benzene rings is 1. The fraction of sp³-hybridized carbons (Fsp3) is 0.500. The van der Waals surface area contributed by atoms with Crippen LogP contribution in [0.25, 0.3) is 0 Å². The third-order valence-corrected chi connectivity index (χ3v) is 5.57. The van der Waals surface area contributed by atoms with Crippen molar-refractivity contribution in [1.82, 2.24) is 9.80 Å². The maximum absolute atomic E-state index is 12.6. The smallest absolute Gasteiger partial charge is 0.409 e. The van der Waals surface area contributed by atoms with Crippen molar-refractivity contribution in [1.29, 1.82) is 0 Å². The molecule has 144 valence electrons. The maximum Gasteiger partial charge on any atom is 0.409 e. The number of carbonyl (C=O) groups is 2. The van der Waals surface area contributed by atoms with Crippen molar-refractivity contribution in [3.05, 3.63) is 28.7 Å². The quantitative estimate of drug-likeness (QED) is 0.682. The van der Waals surface area contributed by atoms with Crippen LogP contribution in [0.3, 0.4) is 0 Å². The second-order valence-electron chi connectivity index (χ2n) is 5.82. The molecule has 1 aliphatic heterocycles. The van der Waals surface area contributed by atoms with Gasteiger partial charge in [0, 0.05) is 30.7 Å². The molecule has 1 saturated heterocycles. The number of anilines is 1. The van der Waals surface area contributed by atoms with E-state index in [4.69, 9.17) is 4.74 Å². The van der Waals surface area contributed by atoms with E-state index in [1.165, 1.54) is 4.90 Å². The maximum atomic E-state index is 12.6. The first-order valence-electron chi connectivity index (χ1n) is 8.15. The van der Waals surface area contributed by atoms with Gasteiger partial charge in [-0.1, -0.05) is 22.0 Å².